The van der Waals surface area contributed by atoms with Gasteiger partial charge in [0.2, 0.25) is 0 Å². The number of carbonyl (C=O) groups is 1. The van der Waals surface area contributed by atoms with E-state index >= 15 is 0 Å². The summed E-state index contributed by atoms with van der Waals surface area (Å²) in [6, 6.07) is 0. The molecule has 0 aromatic rings. The van der Waals surface area contributed by atoms with Crippen molar-refractivity contribution < 1.29 is 28.8 Å². The van der Waals surface area contributed by atoms with Crippen molar-refractivity contribution in [1.29, 1.82) is 0 Å². The summed E-state index contributed by atoms with van der Waals surface area (Å²) >= 11 is 0. The van der Waals surface area contributed by atoms with Crippen LogP contribution in [0, 0.1) is 0 Å². The van der Waals surface area contributed by atoms with Crippen LogP contribution in [-0.4, -0.2) is 72.6 Å². The molecule has 3 rings (SSSR count). The van der Waals surface area contributed by atoms with Gasteiger partial charge in [-0.25, -0.2) is 0 Å². The van der Waals surface area contributed by atoms with Crippen LogP contribution in [0.25, 0.3) is 0 Å². The van der Waals surface area contributed by atoms with E-state index in [1.54, 1.807) is 18.7 Å². The van der Waals surface area contributed by atoms with Crippen molar-refractivity contribution in [2.75, 3.05) is 26.3 Å². The molecule has 7 nitrogen and oxygen atoms in total. The fourth-order valence-electron chi connectivity index (χ4n) is 2.66. The first kappa shape index (κ1) is 13.3. The smallest absolute Gasteiger partial charge is 0.254 e. The molecule has 3 aliphatic rings. The standard InChI is InChI=1S/C12H19NO6/c1-12(2)18-9-7(14)8(17-11(9)19-12)10(15)13-3-5-16-6-4-13/h7-9,11,14H,3-6H2,1-2H3/t7-,8?,9?,11?/m1/s1. The Kier molecular flexibility index (Phi) is 3.26. The average Bonchev–Trinajstić information content (AvgIpc) is 2.84. The van der Waals surface area contributed by atoms with Crippen LogP contribution in [0.3, 0.4) is 0 Å². The van der Waals surface area contributed by atoms with Crippen LogP contribution in [-0.2, 0) is 23.7 Å². The fraction of sp³-hybridized carbons (Fsp3) is 0.917. The summed E-state index contributed by atoms with van der Waals surface area (Å²) in [5.41, 5.74) is 0. The molecule has 0 bridgehead atoms. The van der Waals surface area contributed by atoms with Gasteiger partial charge < -0.3 is 29.0 Å². The van der Waals surface area contributed by atoms with Crippen LogP contribution in [0.2, 0.25) is 0 Å². The number of hydrogen-bond acceptors (Lipinski definition) is 6. The lowest BCUT2D eigenvalue weighted by Crippen LogP contribution is -2.50. The highest BCUT2D eigenvalue weighted by molar-refractivity contribution is 5.82. The van der Waals surface area contributed by atoms with Crippen molar-refractivity contribution in [2.24, 2.45) is 0 Å². The molecule has 0 spiro atoms. The number of hydrogen-bond donors (Lipinski definition) is 1. The first-order valence-corrected chi connectivity index (χ1v) is 6.54. The molecule has 0 saturated carbocycles. The Morgan fingerprint density at radius 3 is 2.58 bits per heavy atom. The molecular formula is C12H19NO6. The third kappa shape index (κ3) is 2.36. The molecular weight excluding hydrogens is 254 g/mol. The Morgan fingerprint density at radius 1 is 1.26 bits per heavy atom. The molecule has 0 radical (unpaired) electrons. The van der Waals surface area contributed by atoms with E-state index in [1.807, 2.05) is 0 Å². The Balaban J connectivity index is 1.66. The van der Waals surface area contributed by atoms with Crippen LogP contribution in [0.4, 0.5) is 0 Å². The number of morpholine rings is 1. The van der Waals surface area contributed by atoms with E-state index in [0.717, 1.165) is 0 Å². The summed E-state index contributed by atoms with van der Waals surface area (Å²) in [4.78, 5) is 13.9. The first-order valence-electron chi connectivity index (χ1n) is 6.54. The second-order valence-corrected chi connectivity index (χ2v) is 5.45. The zero-order chi connectivity index (χ0) is 13.6. The number of aliphatic hydroxyl groups is 1. The summed E-state index contributed by atoms with van der Waals surface area (Å²) < 4.78 is 21.8. The molecule has 0 aromatic heterocycles. The lowest BCUT2D eigenvalue weighted by Gasteiger charge is -2.30. The van der Waals surface area contributed by atoms with Crippen molar-refractivity contribution in [3.8, 4) is 0 Å². The number of ether oxygens (including phenoxy) is 4. The summed E-state index contributed by atoms with van der Waals surface area (Å²) in [6.45, 7) is 5.57. The predicted molar refractivity (Wildman–Crippen MR) is 62.1 cm³/mol. The van der Waals surface area contributed by atoms with Gasteiger partial charge >= 0.3 is 0 Å². The van der Waals surface area contributed by atoms with Crippen molar-refractivity contribution >= 4 is 5.91 Å². The van der Waals surface area contributed by atoms with Gasteiger partial charge in [-0.3, -0.25) is 4.79 Å². The zero-order valence-corrected chi connectivity index (χ0v) is 11.1. The molecule has 0 aromatic carbocycles. The van der Waals surface area contributed by atoms with E-state index in [1.165, 1.54) is 0 Å². The quantitative estimate of drug-likeness (QED) is 0.666. The Morgan fingerprint density at radius 2 is 1.95 bits per heavy atom. The van der Waals surface area contributed by atoms with Crippen LogP contribution in [0.5, 0.6) is 0 Å². The third-order valence-corrected chi connectivity index (χ3v) is 3.58. The van der Waals surface area contributed by atoms with Gasteiger partial charge in [0.1, 0.15) is 12.2 Å². The number of aliphatic hydroxyl groups excluding tert-OH is 1. The molecule has 3 aliphatic heterocycles. The molecule has 3 fully saturated rings. The normalized spacial score (nSPS) is 41.3. The summed E-state index contributed by atoms with van der Waals surface area (Å²) in [5, 5.41) is 10.2. The minimum atomic E-state index is -0.998. The van der Waals surface area contributed by atoms with E-state index in [0.29, 0.717) is 26.3 Å². The molecule has 4 atom stereocenters. The van der Waals surface area contributed by atoms with Gasteiger partial charge in [-0.2, -0.15) is 0 Å². The van der Waals surface area contributed by atoms with Crippen LogP contribution >= 0.6 is 0 Å². The van der Waals surface area contributed by atoms with E-state index in [2.05, 4.69) is 0 Å². The lowest BCUT2D eigenvalue weighted by atomic mass is 10.1. The van der Waals surface area contributed by atoms with Gasteiger partial charge in [-0.05, 0) is 13.8 Å². The Bertz CT molecular complexity index is 367. The Labute approximate surface area is 111 Å². The molecule has 0 aliphatic carbocycles. The molecule has 3 unspecified atom stereocenters. The molecule has 1 amide bonds. The van der Waals surface area contributed by atoms with E-state index in [9.17, 15) is 9.90 Å². The topological polar surface area (TPSA) is 77.5 Å². The SMILES string of the molecule is CC1(C)OC2OC(C(=O)N3CCOCC3)[C@@H](O)C2O1. The van der Waals surface area contributed by atoms with Gasteiger partial charge in [0.05, 0.1) is 13.2 Å². The second-order valence-electron chi connectivity index (χ2n) is 5.45. The number of nitrogens with zero attached hydrogens (tertiary/aromatic N) is 1. The highest BCUT2D eigenvalue weighted by Gasteiger charge is 2.56. The number of fused-ring (bicyclic) bond motifs is 1. The molecule has 3 saturated heterocycles. The minimum absolute atomic E-state index is 0.227. The van der Waals surface area contributed by atoms with E-state index in [-0.39, 0.29) is 5.91 Å². The third-order valence-electron chi connectivity index (χ3n) is 3.58. The molecule has 3 heterocycles. The highest BCUT2D eigenvalue weighted by Crippen LogP contribution is 2.37. The largest absolute Gasteiger partial charge is 0.387 e. The maximum Gasteiger partial charge on any atom is 0.254 e. The van der Waals surface area contributed by atoms with E-state index in [4.69, 9.17) is 18.9 Å². The summed E-state index contributed by atoms with van der Waals surface area (Å²) in [6.07, 6.45) is -3.20. The number of carbonyl (C=O) groups excluding carboxylic acids is 1. The monoisotopic (exact) mass is 273 g/mol. The molecule has 1 N–H and O–H groups in total. The first-order chi connectivity index (χ1) is 8.98. The maximum absolute atomic E-state index is 12.3. The highest BCUT2D eigenvalue weighted by atomic mass is 16.8. The zero-order valence-electron chi connectivity index (χ0n) is 11.1. The fourth-order valence-corrected chi connectivity index (χ4v) is 2.66. The second kappa shape index (κ2) is 4.68. The maximum atomic E-state index is 12.3. The predicted octanol–water partition coefficient (Wildman–Crippen LogP) is -0.917. The van der Waals surface area contributed by atoms with Gasteiger partial charge in [-0.1, -0.05) is 0 Å². The van der Waals surface area contributed by atoms with E-state index < -0.39 is 30.4 Å². The van der Waals surface area contributed by atoms with Gasteiger partial charge in [0.15, 0.2) is 18.2 Å². The molecule has 108 valence electrons. The summed E-state index contributed by atoms with van der Waals surface area (Å²) in [7, 11) is 0. The molecule has 19 heavy (non-hydrogen) atoms. The van der Waals surface area contributed by atoms with Crippen LogP contribution in [0.15, 0.2) is 0 Å². The van der Waals surface area contributed by atoms with Gasteiger partial charge in [-0.15, -0.1) is 0 Å². The van der Waals surface area contributed by atoms with Crippen molar-refractivity contribution in [3.05, 3.63) is 0 Å². The minimum Gasteiger partial charge on any atom is -0.387 e. The van der Waals surface area contributed by atoms with Crippen molar-refractivity contribution in [3.63, 3.8) is 0 Å². The van der Waals surface area contributed by atoms with Crippen LogP contribution < -0.4 is 0 Å². The summed E-state index contributed by atoms with van der Waals surface area (Å²) in [5.74, 6) is -1.02. The lowest BCUT2D eigenvalue weighted by molar-refractivity contribution is -0.217. The van der Waals surface area contributed by atoms with Crippen molar-refractivity contribution in [2.45, 2.75) is 44.2 Å². The number of amides is 1. The Hall–Kier alpha value is -0.730. The van der Waals surface area contributed by atoms with Crippen molar-refractivity contribution in [1.82, 2.24) is 4.90 Å². The molecule has 7 heteroatoms. The van der Waals surface area contributed by atoms with Gasteiger partial charge in [0, 0.05) is 13.1 Å². The van der Waals surface area contributed by atoms with Gasteiger partial charge in [0.25, 0.3) is 5.91 Å². The average molecular weight is 273 g/mol. The number of rotatable bonds is 1. The van der Waals surface area contributed by atoms with Crippen LogP contribution in [0.1, 0.15) is 13.8 Å².